The second-order valence-electron chi connectivity index (χ2n) is 5.22. The van der Waals surface area contributed by atoms with Crippen molar-refractivity contribution >= 4 is 16.0 Å². The first-order valence-corrected chi connectivity index (χ1v) is 7.93. The predicted molar refractivity (Wildman–Crippen MR) is 70.1 cm³/mol. The number of carboxylic acid groups (broad SMARTS) is 1. The van der Waals surface area contributed by atoms with Crippen LogP contribution in [0.5, 0.6) is 0 Å². The van der Waals surface area contributed by atoms with E-state index in [1.54, 1.807) is 0 Å². The minimum Gasteiger partial charge on any atom is -0.481 e. The molecule has 1 saturated carbocycles. The summed E-state index contributed by atoms with van der Waals surface area (Å²) in [5.74, 6) is -3.08. The van der Waals surface area contributed by atoms with Crippen molar-refractivity contribution in [2.45, 2.75) is 30.6 Å². The molecule has 0 spiro atoms. The molecule has 1 aliphatic rings. The molecular weight excluding hydrogens is 304 g/mol. The van der Waals surface area contributed by atoms with Crippen molar-refractivity contribution in [3.63, 3.8) is 0 Å². The van der Waals surface area contributed by atoms with Gasteiger partial charge in [0, 0.05) is 12.6 Å². The molecule has 0 saturated heterocycles. The normalized spacial score (nSPS) is 17.8. The molecule has 0 unspecified atom stereocenters. The smallest absolute Gasteiger partial charge is 0.310 e. The third-order valence-corrected chi connectivity index (χ3v) is 5.14. The molecule has 0 radical (unpaired) electrons. The van der Waals surface area contributed by atoms with Gasteiger partial charge in [-0.25, -0.2) is 21.9 Å². The third-order valence-electron chi connectivity index (χ3n) is 3.76. The maximum atomic E-state index is 13.1. The number of carboxylic acids is 1. The average Bonchev–Trinajstić information content (AvgIpc) is 2.85. The van der Waals surface area contributed by atoms with Crippen LogP contribution >= 0.6 is 0 Å². The Kier molecular flexibility index (Phi) is 4.29. The average molecular weight is 319 g/mol. The number of benzene rings is 1. The lowest BCUT2D eigenvalue weighted by Gasteiger charge is -2.23. The topological polar surface area (TPSA) is 83.5 Å². The van der Waals surface area contributed by atoms with Gasteiger partial charge in [-0.05, 0) is 25.0 Å². The van der Waals surface area contributed by atoms with E-state index in [1.165, 1.54) is 0 Å². The minimum absolute atomic E-state index is 0.289. The van der Waals surface area contributed by atoms with Crippen LogP contribution in [0.25, 0.3) is 0 Å². The highest BCUT2D eigenvalue weighted by Crippen LogP contribution is 2.38. The molecule has 21 heavy (non-hydrogen) atoms. The maximum absolute atomic E-state index is 13.1. The third kappa shape index (κ3) is 3.38. The molecule has 1 aromatic rings. The summed E-state index contributed by atoms with van der Waals surface area (Å²) in [6.45, 7) is -0.289. The van der Waals surface area contributed by atoms with Crippen LogP contribution in [0.1, 0.15) is 25.7 Å². The van der Waals surface area contributed by atoms with Crippen LogP contribution in [0.15, 0.2) is 23.1 Å². The van der Waals surface area contributed by atoms with Gasteiger partial charge in [0.15, 0.2) is 0 Å². The molecule has 0 amide bonds. The number of nitrogens with one attached hydrogen (secondary N) is 1. The van der Waals surface area contributed by atoms with E-state index in [0.717, 1.165) is 0 Å². The second-order valence-corrected chi connectivity index (χ2v) is 6.99. The molecular formula is C13H15F2NO4S. The lowest BCUT2D eigenvalue weighted by atomic mass is 9.87. The fourth-order valence-corrected chi connectivity index (χ4v) is 3.69. The van der Waals surface area contributed by atoms with E-state index in [2.05, 4.69) is 4.72 Å². The van der Waals surface area contributed by atoms with Crippen LogP contribution in [0.3, 0.4) is 0 Å². The summed E-state index contributed by atoms with van der Waals surface area (Å²) in [4.78, 5) is 10.8. The van der Waals surface area contributed by atoms with Crippen LogP contribution in [0.2, 0.25) is 0 Å². The quantitative estimate of drug-likeness (QED) is 0.868. The lowest BCUT2D eigenvalue weighted by molar-refractivity contribution is -0.148. The lowest BCUT2D eigenvalue weighted by Crippen LogP contribution is -2.41. The molecule has 0 aromatic heterocycles. The van der Waals surface area contributed by atoms with Crippen LogP contribution in [0, 0.1) is 17.0 Å². The molecule has 0 aliphatic heterocycles. The van der Waals surface area contributed by atoms with Gasteiger partial charge >= 0.3 is 5.97 Å². The Morgan fingerprint density at radius 1 is 1.19 bits per heavy atom. The van der Waals surface area contributed by atoms with Gasteiger partial charge in [-0.2, -0.15) is 0 Å². The first-order chi connectivity index (χ1) is 9.75. The van der Waals surface area contributed by atoms with Crippen molar-refractivity contribution in [3.05, 3.63) is 29.8 Å². The molecule has 116 valence electrons. The first-order valence-electron chi connectivity index (χ1n) is 6.44. The number of aliphatic carboxylic acids is 1. The van der Waals surface area contributed by atoms with E-state index in [0.29, 0.717) is 43.9 Å². The molecule has 2 N–H and O–H groups in total. The Bertz CT molecular complexity index is 634. The molecule has 0 bridgehead atoms. The van der Waals surface area contributed by atoms with Gasteiger partial charge in [-0.3, -0.25) is 4.79 Å². The van der Waals surface area contributed by atoms with Crippen LogP contribution in [0.4, 0.5) is 8.78 Å². The van der Waals surface area contributed by atoms with Gasteiger partial charge in [0.25, 0.3) is 0 Å². The number of hydrogen-bond donors (Lipinski definition) is 2. The molecule has 1 fully saturated rings. The van der Waals surface area contributed by atoms with E-state index in [-0.39, 0.29) is 6.54 Å². The van der Waals surface area contributed by atoms with Crippen molar-refractivity contribution in [2.24, 2.45) is 5.41 Å². The fraction of sp³-hybridized carbons (Fsp3) is 0.462. The van der Waals surface area contributed by atoms with Crippen molar-refractivity contribution in [1.82, 2.24) is 4.72 Å². The molecule has 2 rings (SSSR count). The monoisotopic (exact) mass is 319 g/mol. The van der Waals surface area contributed by atoms with Crippen molar-refractivity contribution in [1.29, 1.82) is 0 Å². The summed E-state index contributed by atoms with van der Waals surface area (Å²) in [5, 5.41) is 9.26. The van der Waals surface area contributed by atoms with E-state index in [1.807, 2.05) is 0 Å². The summed E-state index contributed by atoms with van der Waals surface area (Å²) < 4.78 is 52.3. The highest BCUT2D eigenvalue weighted by Gasteiger charge is 2.42. The van der Waals surface area contributed by atoms with Crippen molar-refractivity contribution < 1.29 is 27.1 Å². The zero-order valence-electron chi connectivity index (χ0n) is 11.1. The van der Waals surface area contributed by atoms with Crippen molar-refractivity contribution in [2.75, 3.05) is 6.54 Å². The van der Waals surface area contributed by atoms with E-state index < -0.39 is 37.9 Å². The second kappa shape index (κ2) is 5.69. The van der Waals surface area contributed by atoms with Gasteiger partial charge in [0.1, 0.15) is 11.6 Å². The largest absolute Gasteiger partial charge is 0.481 e. The number of rotatable bonds is 5. The standard InChI is InChI=1S/C13H15F2NO4S/c14-9-5-10(15)7-11(6-9)21(19,20)16-8-13(12(17)18)3-1-2-4-13/h5-7,16H,1-4,8H2,(H,17,18). The molecule has 5 nitrogen and oxygen atoms in total. The molecule has 8 heteroatoms. The Morgan fingerprint density at radius 2 is 1.71 bits per heavy atom. The highest BCUT2D eigenvalue weighted by molar-refractivity contribution is 7.89. The summed E-state index contributed by atoms with van der Waals surface area (Å²) in [6, 6.07) is 1.94. The Balaban J connectivity index is 2.19. The van der Waals surface area contributed by atoms with E-state index in [4.69, 9.17) is 0 Å². The number of carbonyl (C=O) groups is 1. The Labute approximate surface area is 121 Å². The van der Waals surface area contributed by atoms with Gasteiger partial charge in [0.2, 0.25) is 10.0 Å². The van der Waals surface area contributed by atoms with E-state index >= 15 is 0 Å². The molecule has 1 aliphatic carbocycles. The maximum Gasteiger partial charge on any atom is 0.310 e. The van der Waals surface area contributed by atoms with Crippen molar-refractivity contribution in [3.8, 4) is 0 Å². The first kappa shape index (κ1) is 15.8. The van der Waals surface area contributed by atoms with Gasteiger partial charge < -0.3 is 5.11 Å². The Hall–Kier alpha value is -1.54. The van der Waals surface area contributed by atoms with Gasteiger partial charge in [-0.15, -0.1) is 0 Å². The zero-order chi connectivity index (χ0) is 15.7. The SMILES string of the molecule is O=C(O)C1(CNS(=O)(=O)c2cc(F)cc(F)c2)CCCC1. The Morgan fingerprint density at radius 3 is 2.19 bits per heavy atom. The van der Waals surface area contributed by atoms with Gasteiger partial charge in [-0.1, -0.05) is 12.8 Å². The summed E-state index contributed by atoms with van der Waals surface area (Å²) in [7, 11) is -4.16. The van der Waals surface area contributed by atoms with Crippen LogP contribution in [-0.4, -0.2) is 26.0 Å². The summed E-state index contributed by atoms with van der Waals surface area (Å²) in [5.41, 5.74) is -1.14. The molecule has 0 atom stereocenters. The molecule has 1 aromatic carbocycles. The van der Waals surface area contributed by atoms with Crippen LogP contribution < -0.4 is 4.72 Å². The zero-order valence-corrected chi connectivity index (χ0v) is 11.9. The van der Waals surface area contributed by atoms with Crippen LogP contribution in [-0.2, 0) is 14.8 Å². The number of halogens is 2. The van der Waals surface area contributed by atoms with Gasteiger partial charge in [0.05, 0.1) is 10.3 Å². The minimum atomic E-state index is -4.16. The highest BCUT2D eigenvalue weighted by atomic mass is 32.2. The predicted octanol–water partition coefficient (Wildman–Crippen LogP) is 1.89. The summed E-state index contributed by atoms with van der Waals surface area (Å²) in [6.07, 6.45) is 2.18. The number of sulfonamides is 1. The fourth-order valence-electron chi connectivity index (χ4n) is 2.52. The summed E-state index contributed by atoms with van der Waals surface area (Å²) >= 11 is 0. The molecule has 0 heterocycles. The van der Waals surface area contributed by atoms with E-state index in [9.17, 15) is 27.1 Å². The number of hydrogen-bond acceptors (Lipinski definition) is 3.